The Bertz CT molecular complexity index is 521. The third-order valence-corrected chi connectivity index (χ3v) is 3.62. The number of nitrogens with zero attached hydrogens (tertiary/aromatic N) is 4. The molecule has 1 aliphatic rings. The van der Waals surface area contributed by atoms with E-state index < -0.39 is 0 Å². The van der Waals surface area contributed by atoms with Gasteiger partial charge in [0.25, 0.3) is 0 Å². The molecule has 0 amide bonds. The highest BCUT2D eigenvalue weighted by Crippen LogP contribution is 2.18. The first-order valence-corrected chi connectivity index (χ1v) is 6.64. The van der Waals surface area contributed by atoms with Crippen LogP contribution in [0.15, 0.2) is 24.7 Å². The first-order chi connectivity index (χ1) is 8.86. The summed E-state index contributed by atoms with van der Waals surface area (Å²) in [4.78, 5) is 6.92. The molecule has 1 saturated heterocycles. The lowest BCUT2D eigenvalue weighted by atomic mass is 10.1. The van der Waals surface area contributed by atoms with Crippen molar-refractivity contribution in [1.29, 1.82) is 0 Å². The van der Waals surface area contributed by atoms with E-state index >= 15 is 0 Å². The number of likely N-dealkylation sites (tertiary alicyclic amines) is 1. The number of aromatic nitrogens is 3. The molecular weight excluding hydrogens is 226 g/mol. The fraction of sp³-hybridized carbons (Fsp3) is 0.538. The zero-order chi connectivity index (χ0) is 12.4. The number of nitrogens with one attached hydrogen (secondary N) is 1. The van der Waals surface area contributed by atoms with Gasteiger partial charge in [-0.2, -0.15) is 5.10 Å². The van der Waals surface area contributed by atoms with Crippen LogP contribution < -0.4 is 5.32 Å². The molecule has 1 N–H and O–H groups in total. The van der Waals surface area contributed by atoms with Crippen LogP contribution in [0.5, 0.6) is 0 Å². The van der Waals surface area contributed by atoms with E-state index in [9.17, 15) is 0 Å². The van der Waals surface area contributed by atoms with E-state index in [0.29, 0.717) is 6.04 Å². The molecule has 1 aliphatic heterocycles. The molecule has 5 heteroatoms. The Morgan fingerprint density at radius 2 is 2.39 bits per heavy atom. The van der Waals surface area contributed by atoms with Gasteiger partial charge >= 0.3 is 0 Å². The molecule has 1 unspecified atom stereocenters. The number of piperidine rings is 1. The Kier molecular flexibility index (Phi) is 3.15. The maximum atomic E-state index is 4.43. The molecule has 5 nitrogen and oxygen atoms in total. The van der Waals surface area contributed by atoms with Crippen molar-refractivity contribution in [3.05, 3.63) is 24.7 Å². The lowest BCUT2D eigenvalue weighted by Crippen LogP contribution is -2.42. The molecule has 0 aromatic carbocycles. The minimum absolute atomic E-state index is 0.493. The Morgan fingerprint density at radius 3 is 3.28 bits per heavy atom. The van der Waals surface area contributed by atoms with Crippen molar-refractivity contribution >= 4 is 11.3 Å². The van der Waals surface area contributed by atoms with Gasteiger partial charge in [0.2, 0.25) is 0 Å². The molecule has 0 bridgehead atoms. The zero-order valence-electron chi connectivity index (χ0n) is 10.7. The van der Waals surface area contributed by atoms with Crippen LogP contribution in [0.2, 0.25) is 0 Å². The Balaban J connectivity index is 1.77. The molecular formula is C13H19N5. The molecule has 0 saturated carbocycles. The highest BCUT2D eigenvalue weighted by molar-refractivity contribution is 5.67. The molecule has 96 valence electrons. The van der Waals surface area contributed by atoms with E-state index in [-0.39, 0.29) is 0 Å². The highest BCUT2D eigenvalue weighted by Gasteiger charge is 2.19. The Hall–Kier alpha value is -1.62. The van der Waals surface area contributed by atoms with E-state index in [0.717, 1.165) is 24.4 Å². The van der Waals surface area contributed by atoms with Crippen LogP contribution >= 0.6 is 0 Å². The maximum Gasteiger partial charge on any atom is 0.152 e. The van der Waals surface area contributed by atoms with Crippen molar-refractivity contribution in [2.24, 2.45) is 0 Å². The third-order valence-electron chi connectivity index (χ3n) is 3.62. The summed E-state index contributed by atoms with van der Waals surface area (Å²) >= 11 is 0. The van der Waals surface area contributed by atoms with Crippen molar-refractivity contribution < 1.29 is 0 Å². The van der Waals surface area contributed by atoms with E-state index in [2.05, 4.69) is 27.2 Å². The third kappa shape index (κ3) is 2.18. The summed E-state index contributed by atoms with van der Waals surface area (Å²) in [6, 6.07) is 2.49. The first-order valence-electron chi connectivity index (χ1n) is 6.64. The molecule has 1 fully saturated rings. The molecule has 3 rings (SSSR count). The topological polar surface area (TPSA) is 45.5 Å². The summed E-state index contributed by atoms with van der Waals surface area (Å²) < 4.78 is 1.86. The summed E-state index contributed by atoms with van der Waals surface area (Å²) in [5.41, 5.74) is 1.05. The maximum absolute atomic E-state index is 4.43. The number of hydrogen-bond acceptors (Lipinski definition) is 4. The smallest absolute Gasteiger partial charge is 0.152 e. The number of rotatable bonds is 3. The Labute approximate surface area is 107 Å². The van der Waals surface area contributed by atoms with E-state index in [4.69, 9.17) is 0 Å². The van der Waals surface area contributed by atoms with Crippen LogP contribution in [0, 0.1) is 0 Å². The van der Waals surface area contributed by atoms with Gasteiger partial charge in [0.1, 0.15) is 5.52 Å². The van der Waals surface area contributed by atoms with Crippen LogP contribution in [-0.2, 0) is 0 Å². The minimum Gasteiger partial charge on any atom is -0.364 e. The van der Waals surface area contributed by atoms with Crippen LogP contribution in [-0.4, -0.2) is 45.2 Å². The van der Waals surface area contributed by atoms with Gasteiger partial charge in [-0.1, -0.05) is 6.92 Å². The van der Waals surface area contributed by atoms with Crippen molar-refractivity contribution in [2.45, 2.75) is 25.8 Å². The van der Waals surface area contributed by atoms with Gasteiger partial charge in [0.05, 0.1) is 6.20 Å². The summed E-state index contributed by atoms with van der Waals surface area (Å²) in [6.07, 6.45) is 7.95. The number of likely N-dealkylation sites (N-methyl/N-ethyl adjacent to an activating group) is 1. The summed E-state index contributed by atoms with van der Waals surface area (Å²) in [7, 11) is 0. The van der Waals surface area contributed by atoms with Gasteiger partial charge in [-0.05, 0) is 32.0 Å². The fourth-order valence-electron chi connectivity index (χ4n) is 2.62. The summed E-state index contributed by atoms with van der Waals surface area (Å²) in [5, 5.41) is 7.79. The molecule has 0 spiro atoms. The first kappa shape index (κ1) is 11.5. The van der Waals surface area contributed by atoms with Crippen molar-refractivity contribution in [3.63, 3.8) is 0 Å². The average Bonchev–Trinajstić information content (AvgIpc) is 2.88. The number of hydrogen-bond donors (Lipinski definition) is 1. The van der Waals surface area contributed by atoms with Gasteiger partial charge < -0.3 is 10.2 Å². The SMILES string of the molecule is CCN1CCCC(Nc2nccn3nccc23)C1. The molecule has 1 atom stereocenters. The van der Waals surface area contributed by atoms with Crippen LogP contribution in [0.4, 0.5) is 5.82 Å². The zero-order valence-corrected chi connectivity index (χ0v) is 10.7. The normalized spacial score (nSPS) is 21.3. The van der Waals surface area contributed by atoms with Gasteiger partial charge in [-0.25, -0.2) is 9.50 Å². The van der Waals surface area contributed by atoms with Gasteiger partial charge in [0.15, 0.2) is 5.82 Å². The minimum atomic E-state index is 0.493. The van der Waals surface area contributed by atoms with E-state index in [1.165, 1.54) is 19.4 Å². The van der Waals surface area contributed by atoms with Gasteiger partial charge in [0, 0.05) is 25.0 Å². The molecule has 3 heterocycles. The summed E-state index contributed by atoms with van der Waals surface area (Å²) in [5.74, 6) is 0.943. The van der Waals surface area contributed by atoms with Crippen molar-refractivity contribution in [3.8, 4) is 0 Å². The largest absolute Gasteiger partial charge is 0.364 e. The standard InChI is InChI=1S/C13H19N5/c1-2-17-8-3-4-11(10-17)16-13-12-5-6-15-18(12)9-7-14-13/h5-7,9,11H,2-4,8,10H2,1H3,(H,14,16). The molecule has 2 aromatic rings. The lowest BCUT2D eigenvalue weighted by Gasteiger charge is -2.32. The number of anilines is 1. The second-order valence-corrected chi connectivity index (χ2v) is 4.81. The second-order valence-electron chi connectivity index (χ2n) is 4.81. The van der Waals surface area contributed by atoms with Crippen LogP contribution in [0.25, 0.3) is 5.52 Å². The Morgan fingerprint density at radius 1 is 1.44 bits per heavy atom. The average molecular weight is 245 g/mol. The fourth-order valence-corrected chi connectivity index (χ4v) is 2.62. The second kappa shape index (κ2) is 4.94. The summed E-state index contributed by atoms with van der Waals surface area (Å²) in [6.45, 7) is 5.67. The molecule has 0 radical (unpaired) electrons. The predicted octanol–water partition coefficient (Wildman–Crippen LogP) is 1.63. The predicted molar refractivity (Wildman–Crippen MR) is 71.7 cm³/mol. The van der Waals surface area contributed by atoms with E-state index in [1.54, 1.807) is 12.4 Å². The van der Waals surface area contributed by atoms with Gasteiger partial charge in [-0.15, -0.1) is 0 Å². The van der Waals surface area contributed by atoms with Crippen LogP contribution in [0.3, 0.4) is 0 Å². The monoisotopic (exact) mass is 245 g/mol. The number of fused-ring (bicyclic) bond motifs is 1. The van der Waals surface area contributed by atoms with Crippen molar-refractivity contribution in [1.82, 2.24) is 19.5 Å². The van der Waals surface area contributed by atoms with Crippen molar-refractivity contribution in [2.75, 3.05) is 25.0 Å². The quantitative estimate of drug-likeness (QED) is 0.892. The molecule has 18 heavy (non-hydrogen) atoms. The van der Waals surface area contributed by atoms with Crippen LogP contribution in [0.1, 0.15) is 19.8 Å². The van der Waals surface area contributed by atoms with E-state index in [1.807, 2.05) is 16.8 Å². The molecule has 2 aromatic heterocycles. The van der Waals surface area contributed by atoms with Gasteiger partial charge in [-0.3, -0.25) is 0 Å². The lowest BCUT2D eigenvalue weighted by molar-refractivity contribution is 0.226. The molecule has 0 aliphatic carbocycles. The highest BCUT2D eigenvalue weighted by atomic mass is 15.2.